The molecule has 0 radical (unpaired) electrons. The predicted molar refractivity (Wildman–Crippen MR) is 105 cm³/mol. The highest BCUT2D eigenvalue weighted by Crippen LogP contribution is 2.24. The Kier molecular flexibility index (Phi) is 3.53. The van der Waals surface area contributed by atoms with Crippen LogP contribution < -0.4 is 5.43 Å². The minimum atomic E-state index is 0.259. The molecule has 1 unspecified atom stereocenters. The number of fused-ring (bicyclic) bond motifs is 2. The van der Waals surface area contributed by atoms with Gasteiger partial charge in [0.05, 0.1) is 17.8 Å². The Morgan fingerprint density at radius 1 is 1.11 bits per heavy atom. The first-order valence-electron chi connectivity index (χ1n) is 8.92. The van der Waals surface area contributed by atoms with Crippen LogP contribution in [0.4, 0.5) is 0 Å². The first-order valence-corrected chi connectivity index (χ1v) is 8.92. The maximum absolute atomic E-state index is 4.59. The lowest BCUT2D eigenvalue weighted by Crippen LogP contribution is -2.29. The van der Waals surface area contributed by atoms with Gasteiger partial charge in [0.1, 0.15) is 0 Å². The summed E-state index contributed by atoms with van der Waals surface area (Å²) in [6, 6.07) is 8.75. The zero-order chi connectivity index (χ0) is 18.4. The summed E-state index contributed by atoms with van der Waals surface area (Å²) in [7, 11) is 1.92. The van der Waals surface area contributed by atoms with Gasteiger partial charge in [0.2, 0.25) is 0 Å². The molecular formula is C20H19N7. The Labute approximate surface area is 156 Å². The molecule has 0 bridgehead atoms. The van der Waals surface area contributed by atoms with Crippen LogP contribution in [-0.4, -0.2) is 35.7 Å². The number of rotatable bonds is 3. The van der Waals surface area contributed by atoms with Crippen LogP contribution in [0.5, 0.6) is 0 Å². The molecule has 4 aromatic rings. The molecule has 1 aliphatic rings. The lowest BCUT2D eigenvalue weighted by atomic mass is 10.0. The Morgan fingerprint density at radius 2 is 2.04 bits per heavy atom. The van der Waals surface area contributed by atoms with Gasteiger partial charge in [-0.05, 0) is 36.8 Å². The van der Waals surface area contributed by atoms with E-state index in [1.807, 2.05) is 36.4 Å². The van der Waals surface area contributed by atoms with Gasteiger partial charge in [0, 0.05) is 42.4 Å². The van der Waals surface area contributed by atoms with Gasteiger partial charge in [-0.2, -0.15) is 5.10 Å². The van der Waals surface area contributed by atoms with Crippen LogP contribution in [0.3, 0.4) is 0 Å². The maximum Gasteiger partial charge on any atom is 0.175 e. The molecule has 7 heteroatoms. The smallest absolute Gasteiger partial charge is 0.175 e. The van der Waals surface area contributed by atoms with Gasteiger partial charge in [-0.3, -0.25) is 9.67 Å². The average Bonchev–Trinajstić information content (AvgIpc) is 3.27. The molecule has 0 saturated carbocycles. The molecule has 7 nitrogen and oxygen atoms in total. The van der Waals surface area contributed by atoms with E-state index in [0.717, 1.165) is 33.7 Å². The Balaban J connectivity index is 1.49. The molecule has 4 heterocycles. The van der Waals surface area contributed by atoms with E-state index in [0.29, 0.717) is 6.42 Å². The molecule has 0 aliphatic carbocycles. The first kappa shape index (κ1) is 15.7. The van der Waals surface area contributed by atoms with Crippen LogP contribution in [-0.2, 0) is 13.5 Å². The second kappa shape index (κ2) is 6.05. The third-order valence-electron chi connectivity index (χ3n) is 4.77. The average molecular weight is 357 g/mol. The van der Waals surface area contributed by atoms with Crippen LogP contribution in [0.15, 0.2) is 48.9 Å². The molecule has 1 atom stereocenters. The monoisotopic (exact) mass is 357 g/mol. The molecule has 0 spiro atoms. The van der Waals surface area contributed by atoms with Crippen molar-refractivity contribution in [3.05, 3.63) is 66.1 Å². The topological polar surface area (TPSA) is 73.5 Å². The number of nitrogens with zero attached hydrogens (tertiary/aromatic N) is 6. The van der Waals surface area contributed by atoms with Crippen LogP contribution in [0, 0.1) is 0 Å². The predicted octanol–water partition coefficient (Wildman–Crippen LogP) is 2.78. The van der Waals surface area contributed by atoms with E-state index in [9.17, 15) is 0 Å². The van der Waals surface area contributed by atoms with Crippen molar-refractivity contribution in [2.24, 2.45) is 7.05 Å². The first-order chi connectivity index (χ1) is 13.2. The minimum Gasteiger partial charge on any atom is -0.316 e. The van der Waals surface area contributed by atoms with Crippen LogP contribution >= 0.6 is 0 Å². The number of hydrogen-bond donors (Lipinski definition) is 1. The van der Waals surface area contributed by atoms with E-state index in [4.69, 9.17) is 0 Å². The number of pyridine rings is 1. The zero-order valence-electron chi connectivity index (χ0n) is 15.2. The summed E-state index contributed by atoms with van der Waals surface area (Å²) >= 11 is 0. The fraction of sp³-hybridized carbons (Fsp3) is 0.200. The fourth-order valence-electron chi connectivity index (χ4n) is 3.37. The highest BCUT2D eigenvalue weighted by Gasteiger charge is 2.15. The van der Waals surface area contributed by atoms with Gasteiger partial charge in [-0.1, -0.05) is 12.1 Å². The summed E-state index contributed by atoms with van der Waals surface area (Å²) in [5, 5.41) is 13.9. The van der Waals surface area contributed by atoms with E-state index in [2.05, 4.69) is 63.0 Å². The lowest BCUT2D eigenvalue weighted by molar-refractivity contribution is 0.725. The third-order valence-corrected chi connectivity index (χ3v) is 4.77. The molecule has 0 amide bonds. The third kappa shape index (κ3) is 2.87. The lowest BCUT2D eigenvalue weighted by Gasteiger charge is -2.19. The fourth-order valence-corrected chi connectivity index (χ4v) is 3.37. The summed E-state index contributed by atoms with van der Waals surface area (Å²) in [5.41, 5.74) is 7.66. The molecule has 1 N–H and O–H groups in total. The van der Waals surface area contributed by atoms with Crippen LogP contribution in [0.2, 0.25) is 0 Å². The van der Waals surface area contributed by atoms with Gasteiger partial charge in [-0.15, -0.1) is 10.2 Å². The number of aromatic nitrogens is 6. The van der Waals surface area contributed by atoms with Crippen LogP contribution in [0.25, 0.3) is 28.1 Å². The van der Waals surface area contributed by atoms with Gasteiger partial charge in [-0.25, -0.2) is 4.68 Å². The van der Waals surface area contributed by atoms with E-state index < -0.39 is 0 Å². The largest absolute Gasteiger partial charge is 0.316 e. The SMILES string of the molecule is CC1C=Cc2nnc(Cc3ccc4ncc(-c5cnn(C)c5)cc4c3)n2N1. The number of aryl methyl sites for hydroxylation is 1. The molecule has 27 heavy (non-hydrogen) atoms. The van der Waals surface area contributed by atoms with Gasteiger partial charge in [0.25, 0.3) is 0 Å². The Bertz CT molecular complexity index is 1170. The van der Waals surface area contributed by atoms with E-state index in [1.54, 1.807) is 4.68 Å². The van der Waals surface area contributed by atoms with Gasteiger partial charge >= 0.3 is 0 Å². The zero-order valence-corrected chi connectivity index (χ0v) is 15.2. The molecule has 1 aliphatic heterocycles. The van der Waals surface area contributed by atoms with Gasteiger partial charge in [0.15, 0.2) is 11.6 Å². The van der Waals surface area contributed by atoms with E-state index in [-0.39, 0.29) is 6.04 Å². The molecule has 0 fully saturated rings. The quantitative estimate of drug-likeness (QED) is 0.610. The molecule has 5 rings (SSSR count). The highest BCUT2D eigenvalue weighted by molar-refractivity contribution is 5.84. The summed E-state index contributed by atoms with van der Waals surface area (Å²) in [6.07, 6.45) is 10.5. The van der Waals surface area contributed by atoms with Crippen molar-refractivity contribution in [1.29, 1.82) is 0 Å². The highest BCUT2D eigenvalue weighted by atomic mass is 15.5. The van der Waals surface area contributed by atoms with Crippen molar-refractivity contribution in [3.8, 4) is 11.1 Å². The minimum absolute atomic E-state index is 0.259. The number of hydrogen-bond acceptors (Lipinski definition) is 5. The van der Waals surface area contributed by atoms with Crippen molar-refractivity contribution in [2.45, 2.75) is 19.4 Å². The van der Waals surface area contributed by atoms with Crippen molar-refractivity contribution in [2.75, 3.05) is 5.43 Å². The van der Waals surface area contributed by atoms with E-state index >= 15 is 0 Å². The maximum atomic E-state index is 4.59. The Hall–Kier alpha value is -3.48. The summed E-state index contributed by atoms with van der Waals surface area (Å²) in [4.78, 5) is 4.59. The molecule has 134 valence electrons. The molecular weight excluding hydrogens is 338 g/mol. The number of benzene rings is 1. The van der Waals surface area contributed by atoms with Crippen molar-refractivity contribution < 1.29 is 0 Å². The normalized spacial score (nSPS) is 15.7. The van der Waals surface area contributed by atoms with Crippen LogP contribution in [0.1, 0.15) is 24.1 Å². The second-order valence-corrected chi connectivity index (χ2v) is 6.92. The second-order valence-electron chi connectivity index (χ2n) is 6.92. The Morgan fingerprint density at radius 3 is 2.89 bits per heavy atom. The van der Waals surface area contributed by atoms with Crippen molar-refractivity contribution >= 4 is 17.0 Å². The summed E-state index contributed by atoms with van der Waals surface area (Å²) < 4.78 is 3.77. The number of nitrogens with one attached hydrogen (secondary N) is 1. The van der Waals surface area contributed by atoms with Gasteiger partial charge < -0.3 is 5.43 Å². The molecule has 1 aromatic carbocycles. The standard InChI is InChI=1S/C20H19N7/c1-13-3-6-19-23-24-20(27(19)25-13)8-14-4-5-18-15(7-14)9-16(10-21-18)17-11-22-26(2)12-17/h3-7,9-13,25H,8H2,1-2H3. The van der Waals surface area contributed by atoms with Crippen molar-refractivity contribution in [1.82, 2.24) is 29.6 Å². The molecule has 3 aromatic heterocycles. The summed E-state index contributed by atoms with van der Waals surface area (Å²) in [6.45, 7) is 2.10. The molecule has 0 saturated heterocycles. The summed E-state index contributed by atoms with van der Waals surface area (Å²) in [5.74, 6) is 1.74. The van der Waals surface area contributed by atoms with Crippen molar-refractivity contribution in [3.63, 3.8) is 0 Å². The van der Waals surface area contributed by atoms with E-state index in [1.165, 1.54) is 5.56 Å².